The number of rotatable bonds is 9. The van der Waals surface area contributed by atoms with Gasteiger partial charge in [0, 0.05) is 16.3 Å². The van der Waals surface area contributed by atoms with Crippen LogP contribution in [0.25, 0.3) is 0 Å². The molecule has 1 aromatic carbocycles. The summed E-state index contributed by atoms with van der Waals surface area (Å²) in [5.74, 6) is -0.0628. The lowest BCUT2D eigenvalue weighted by molar-refractivity contribution is -0.116. The van der Waals surface area contributed by atoms with E-state index in [9.17, 15) is 9.59 Å². The van der Waals surface area contributed by atoms with Crippen molar-refractivity contribution in [3.63, 3.8) is 0 Å². The van der Waals surface area contributed by atoms with E-state index >= 15 is 0 Å². The molecule has 29 heavy (non-hydrogen) atoms. The molecule has 0 unspecified atom stereocenters. The Morgan fingerprint density at radius 3 is 2.59 bits per heavy atom. The minimum atomic E-state index is -0.405. The normalized spacial score (nSPS) is 10.9. The standard InChI is InChI=1S/C21H25Cl2NO4S/c1-5-15-13(4)29-20(19(15)21(26)28-12(2)3)24-18(25)7-6-10-27-17-9-8-14(22)11-16(17)23/h8-9,11-12H,5-7,10H2,1-4H3,(H,24,25). The van der Waals surface area contributed by atoms with Gasteiger partial charge in [0.25, 0.3) is 0 Å². The van der Waals surface area contributed by atoms with E-state index in [2.05, 4.69) is 5.32 Å². The van der Waals surface area contributed by atoms with Crippen molar-refractivity contribution in [2.75, 3.05) is 11.9 Å². The lowest BCUT2D eigenvalue weighted by Crippen LogP contribution is -2.17. The predicted molar refractivity (Wildman–Crippen MR) is 119 cm³/mol. The highest BCUT2D eigenvalue weighted by Crippen LogP contribution is 2.34. The monoisotopic (exact) mass is 457 g/mol. The van der Waals surface area contributed by atoms with E-state index in [1.165, 1.54) is 11.3 Å². The molecule has 0 aliphatic carbocycles. The van der Waals surface area contributed by atoms with E-state index in [1.807, 2.05) is 13.8 Å². The highest BCUT2D eigenvalue weighted by molar-refractivity contribution is 7.16. The fourth-order valence-electron chi connectivity index (χ4n) is 2.78. The molecule has 5 nitrogen and oxygen atoms in total. The van der Waals surface area contributed by atoms with E-state index < -0.39 is 5.97 Å². The number of esters is 1. The molecule has 1 N–H and O–H groups in total. The number of nitrogens with one attached hydrogen (secondary N) is 1. The van der Waals surface area contributed by atoms with Gasteiger partial charge in [-0.1, -0.05) is 30.1 Å². The van der Waals surface area contributed by atoms with Crippen LogP contribution < -0.4 is 10.1 Å². The minimum absolute atomic E-state index is 0.182. The minimum Gasteiger partial charge on any atom is -0.492 e. The average Bonchev–Trinajstić information content (AvgIpc) is 2.94. The van der Waals surface area contributed by atoms with Crippen LogP contribution in [0.4, 0.5) is 5.00 Å². The summed E-state index contributed by atoms with van der Waals surface area (Å²) in [6.45, 7) is 7.85. The largest absolute Gasteiger partial charge is 0.492 e. The second kappa shape index (κ2) is 10.9. The van der Waals surface area contributed by atoms with Crippen LogP contribution in [0.1, 0.15) is 54.4 Å². The summed E-state index contributed by atoms with van der Waals surface area (Å²) < 4.78 is 11.0. The van der Waals surface area contributed by atoms with Gasteiger partial charge in [0.1, 0.15) is 10.8 Å². The number of benzene rings is 1. The highest BCUT2D eigenvalue weighted by Gasteiger charge is 2.24. The average molecular weight is 458 g/mol. The summed E-state index contributed by atoms with van der Waals surface area (Å²) in [6.07, 6.45) is 1.22. The second-order valence-electron chi connectivity index (χ2n) is 6.72. The molecule has 0 fully saturated rings. The first-order valence-electron chi connectivity index (χ1n) is 9.43. The van der Waals surface area contributed by atoms with Gasteiger partial charge in [-0.15, -0.1) is 11.3 Å². The van der Waals surface area contributed by atoms with Gasteiger partial charge in [-0.25, -0.2) is 4.79 Å². The number of thiophene rings is 1. The number of halogens is 2. The summed E-state index contributed by atoms with van der Waals surface area (Å²) >= 11 is 13.3. The molecular weight excluding hydrogens is 433 g/mol. The number of amides is 1. The molecule has 0 saturated heterocycles. The van der Waals surface area contributed by atoms with E-state index in [4.69, 9.17) is 32.7 Å². The van der Waals surface area contributed by atoms with Crippen LogP contribution in [0.5, 0.6) is 5.75 Å². The van der Waals surface area contributed by atoms with Crippen LogP contribution in [0, 0.1) is 6.92 Å². The third-order valence-electron chi connectivity index (χ3n) is 4.06. The Balaban J connectivity index is 1.95. The Morgan fingerprint density at radius 2 is 1.97 bits per heavy atom. The van der Waals surface area contributed by atoms with E-state index in [0.717, 1.165) is 10.4 Å². The number of anilines is 1. The molecule has 1 amide bonds. The molecular formula is C21H25Cl2NO4S. The van der Waals surface area contributed by atoms with E-state index in [0.29, 0.717) is 45.8 Å². The molecule has 0 bridgehead atoms. The molecule has 0 aliphatic rings. The van der Waals surface area contributed by atoms with Crippen molar-refractivity contribution in [2.45, 2.75) is 53.1 Å². The summed E-state index contributed by atoms with van der Waals surface area (Å²) in [6, 6.07) is 4.99. The van der Waals surface area contributed by atoms with Crippen LogP contribution in [-0.2, 0) is 16.0 Å². The van der Waals surface area contributed by atoms with Gasteiger partial charge in [0.05, 0.1) is 23.3 Å². The van der Waals surface area contributed by atoms with Gasteiger partial charge in [-0.2, -0.15) is 0 Å². The quantitative estimate of drug-likeness (QED) is 0.354. The maximum absolute atomic E-state index is 12.5. The second-order valence-corrected chi connectivity index (χ2v) is 8.79. The lowest BCUT2D eigenvalue weighted by Gasteiger charge is -2.11. The maximum Gasteiger partial charge on any atom is 0.341 e. The number of aryl methyl sites for hydroxylation is 1. The summed E-state index contributed by atoms with van der Waals surface area (Å²) in [7, 11) is 0. The first kappa shape index (κ1) is 23.5. The summed E-state index contributed by atoms with van der Waals surface area (Å²) in [5.41, 5.74) is 1.37. The van der Waals surface area contributed by atoms with Crippen LogP contribution in [0.2, 0.25) is 10.0 Å². The zero-order chi connectivity index (χ0) is 21.6. The van der Waals surface area contributed by atoms with Gasteiger partial charge < -0.3 is 14.8 Å². The number of carbonyl (C=O) groups excluding carboxylic acids is 2. The molecule has 0 saturated carbocycles. The number of ether oxygens (including phenoxy) is 2. The van der Waals surface area contributed by atoms with Gasteiger partial charge in [-0.3, -0.25) is 4.79 Å². The Morgan fingerprint density at radius 1 is 1.24 bits per heavy atom. The summed E-state index contributed by atoms with van der Waals surface area (Å²) in [5, 5.41) is 4.36. The number of hydrogen-bond acceptors (Lipinski definition) is 5. The molecule has 158 valence electrons. The molecule has 2 rings (SSSR count). The van der Waals surface area contributed by atoms with Crippen molar-refractivity contribution >= 4 is 51.4 Å². The van der Waals surface area contributed by atoms with Crippen LogP contribution in [0.3, 0.4) is 0 Å². The zero-order valence-corrected chi connectivity index (χ0v) is 19.3. The SMILES string of the molecule is CCc1c(C)sc(NC(=O)CCCOc2ccc(Cl)cc2Cl)c1C(=O)OC(C)C. The topological polar surface area (TPSA) is 64.6 Å². The molecule has 1 aromatic heterocycles. The molecule has 1 heterocycles. The Bertz CT molecular complexity index is 880. The summed E-state index contributed by atoms with van der Waals surface area (Å²) in [4.78, 5) is 25.9. The molecule has 0 spiro atoms. The molecule has 0 aliphatic heterocycles. The van der Waals surface area contributed by atoms with Crippen molar-refractivity contribution in [1.82, 2.24) is 0 Å². The molecule has 0 atom stereocenters. The lowest BCUT2D eigenvalue weighted by atomic mass is 10.1. The third-order valence-corrected chi connectivity index (χ3v) is 5.66. The van der Waals surface area contributed by atoms with E-state index in [1.54, 1.807) is 32.0 Å². The van der Waals surface area contributed by atoms with Crippen molar-refractivity contribution in [1.29, 1.82) is 0 Å². The van der Waals surface area contributed by atoms with Crippen molar-refractivity contribution in [3.8, 4) is 5.75 Å². The first-order chi connectivity index (χ1) is 13.7. The Kier molecular flexibility index (Phi) is 8.80. The van der Waals surface area contributed by atoms with Crippen molar-refractivity contribution in [2.24, 2.45) is 0 Å². The van der Waals surface area contributed by atoms with Crippen LogP contribution in [-0.4, -0.2) is 24.6 Å². The van der Waals surface area contributed by atoms with Gasteiger partial charge in [-0.05, 0) is 57.4 Å². The third kappa shape index (κ3) is 6.63. The fraction of sp³-hybridized carbons (Fsp3) is 0.429. The fourth-order valence-corrected chi connectivity index (χ4v) is 4.39. The first-order valence-corrected chi connectivity index (χ1v) is 11.0. The number of carbonyl (C=O) groups is 2. The number of hydrogen-bond donors (Lipinski definition) is 1. The van der Waals surface area contributed by atoms with Gasteiger partial charge in [0.2, 0.25) is 5.91 Å². The zero-order valence-electron chi connectivity index (χ0n) is 16.9. The molecule has 8 heteroatoms. The van der Waals surface area contributed by atoms with Crippen LogP contribution >= 0.6 is 34.5 Å². The van der Waals surface area contributed by atoms with Gasteiger partial charge in [0.15, 0.2) is 0 Å². The van der Waals surface area contributed by atoms with Crippen molar-refractivity contribution in [3.05, 3.63) is 44.2 Å². The molecule has 2 aromatic rings. The van der Waals surface area contributed by atoms with Crippen LogP contribution in [0.15, 0.2) is 18.2 Å². The maximum atomic E-state index is 12.5. The molecule has 0 radical (unpaired) electrons. The Hall–Kier alpha value is -1.76. The van der Waals surface area contributed by atoms with Crippen molar-refractivity contribution < 1.29 is 19.1 Å². The predicted octanol–water partition coefficient (Wildman–Crippen LogP) is 6.29. The van der Waals surface area contributed by atoms with Gasteiger partial charge >= 0.3 is 5.97 Å². The van der Waals surface area contributed by atoms with E-state index in [-0.39, 0.29) is 18.4 Å². The smallest absolute Gasteiger partial charge is 0.341 e. The Labute approximate surface area is 185 Å². The highest BCUT2D eigenvalue weighted by atomic mass is 35.5.